The van der Waals surface area contributed by atoms with Crippen molar-refractivity contribution in [2.45, 2.75) is 25.1 Å². The molecule has 24 heavy (non-hydrogen) atoms. The zero-order valence-electron chi connectivity index (χ0n) is 13.3. The maximum Gasteiger partial charge on any atom is 0.389 e. The zero-order chi connectivity index (χ0) is 16.2. The summed E-state index contributed by atoms with van der Waals surface area (Å²) in [6, 6.07) is 4.43. The fourth-order valence-electron chi connectivity index (χ4n) is 2.76. The molecule has 9 heteroatoms. The first kappa shape index (κ1) is 23.1. The number of piperazine rings is 1. The Kier molecular flexibility index (Phi) is 9.80. The summed E-state index contributed by atoms with van der Waals surface area (Å²) in [4.78, 5) is 2.05. The van der Waals surface area contributed by atoms with Crippen LogP contribution in [0.15, 0.2) is 18.2 Å². The average Bonchev–Trinajstić information content (AvgIpc) is 2.49. The molecule has 0 spiro atoms. The van der Waals surface area contributed by atoms with Crippen LogP contribution in [0.4, 0.5) is 13.2 Å². The standard InChI is InChI=1S/C15H21F3N2O2.2ClH/c1-22-14-10-11(2-3-13(14)21)12(4-5-15(16,17)18)20-8-6-19-7-9-20;;/h2-3,10,12,19,21H,4-9H2,1H3;2*1H/t12-;;/m1../s1. The average molecular weight is 391 g/mol. The van der Waals surface area contributed by atoms with Crippen molar-refractivity contribution in [2.24, 2.45) is 0 Å². The molecule has 1 saturated heterocycles. The molecule has 0 bridgehead atoms. The molecule has 1 atom stereocenters. The number of phenols is 1. The summed E-state index contributed by atoms with van der Waals surface area (Å²) in [6.07, 6.45) is -5.00. The number of halogens is 5. The predicted molar refractivity (Wildman–Crippen MR) is 91.6 cm³/mol. The van der Waals surface area contributed by atoms with Crippen LogP contribution in [0.3, 0.4) is 0 Å². The summed E-state index contributed by atoms with van der Waals surface area (Å²) in [5, 5.41) is 12.9. The summed E-state index contributed by atoms with van der Waals surface area (Å²) in [6.45, 7) is 2.92. The Hall–Kier alpha value is -0.890. The molecule has 140 valence electrons. The number of nitrogens with zero attached hydrogens (tertiary/aromatic N) is 1. The first-order valence-corrected chi connectivity index (χ1v) is 7.29. The van der Waals surface area contributed by atoms with Gasteiger partial charge in [0, 0.05) is 38.6 Å². The third kappa shape index (κ3) is 6.55. The van der Waals surface area contributed by atoms with Crippen LogP contribution >= 0.6 is 24.8 Å². The van der Waals surface area contributed by atoms with Crippen LogP contribution in [0.2, 0.25) is 0 Å². The molecule has 4 nitrogen and oxygen atoms in total. The molecule has 0 aliphatic carbocycles. The zero-order valence-corrected chi connectivity index (χ0v) is 14.9. The van der Waals surface area contributed by atoms with Crippen LogP contribution in [-0.2, 0) is 0 Å². The number of rotatable bonds is 5. The van der Waals surface area contributed by atoms with Gasteiger partial charge >= 0.3 is 6.18 Å². The lowest BCUT2D eigenvalue weighted by Crippen LogP contribution is -2.45. The Labute approximate surface area is 152 Å². The fourth-order valence-corrected chi connectivity index (χ4v) is 2.76. The Balaban J connectivity index is 0.00000264. The molecular formula is C15H23Cl2F3N2O2. The van der Waals surface area contributed by atoms with Gasteiger partial charge in [-0.1, -0.05) is 6.07 Å². The second-order valence-corrected chi connectivity index (χ2v) is 5.39. The summed E-state index contributed by atoms with van der Waals surface area (Å²) >= 11 is 0. The minimum absolute atomic E-state index is 0. The van der Waals surface area contributed by atoms with Gasteiger partial charge in [-0.25, -0.2) is 0 Å². The topological polar surface area (TPSA) is 44.7 Å². The van der Waals surface area contributed by atoms with E-state index < -0.39 is 12.6 Å². The van der Waals surface area contributed by atoms with Crippen molar-refractivity contribution in [3.05, 3.63) is 23.8 Å². The van der Waals surface area contributed by atoms with Crippen molar-refractivity contribution in [3.8, 4) is 11.5 Å². The molecule has 0 unspecified atom stereocenters. The van der Waals surface area contributed by atoms with E-state index in [2.05, 4.69) is 5.32 Å². The van der Waals surface area contributed by atoms with E-state index in [4.69, 9.17) is 4.74 Å². The maximum absolute atomic E-state index is 12.6. The van der Waals surface area contributed by atoms with Crippen LogP contribution in [0.5, 0.6) is 11.5 Å². The Morgan fingerprint density at radius 3 is 2.42 bits per heavy atom. The number of phenolic OH excluding ortho intramolecular Hbond substituents is 1. The fraction of sp³-hybridized carbons (Fsp3) is 0.600. The van der Waals surface area contributed by atoms with E-state index in [1.165, 1.54) is 13.2 Å². The predicted octanol–water partition coefficient (Wildman–Crippen LogP) is 3.53. The molecule has 1 fully saturated rings. The highest BCUT2D eigenvalue weighted by molar-refractivity contribution is 5.85. The van der Waals surface area contributed by atoms with E-state index in [-0.39, 0.29) is 48.8 Å². The summed E-state index contributed by atoms with van der Waals surface area (Å²) < 4.78 is 42.9. The first-order chi connectivity index (χ1) is 10.4. The number of hydrogen-bond acceptors (Lipinski definition) is 4. The number of alkyl halides is 3. The molecule has 0 amide bonds. The van der Waals surface area contributed by atoms with Crippen LogP contribution in [0.25, 0.3) is 0 Å². The number of hydrogen-bond donors (Lipinski definition) is 2. The third-order valence-corrected chi connectivity index (χ3v) is 3.88. The molecule has 1 aromatic carbocycles. The minimum atomic E-state index is -4.17. The Bertz CT molecular complexity index is 498. The number of methoxy groups -OCH3 is 1. The molecular weight excluding hydrogens is 368 g/mol. The van der Waals surface area contributed by atoms with Crippen molar-refractivity contribution in [2.75, 3.05) is 33.3 Å². The largest absolute Gasteiger partial charge is 0.504 e. The summed E-state index contributed by atoms with van der Waals surface area (Å²) in [5.41, 5.74) is 0.737. The van der Waals surface area contributed by atoms with Crippen LogP contribution in [-0.4, -0.2) is 49.5 Å². The second-order valence-electron chi connectivity index (χ2n) is 5.39. The van der Waals surface area contributed by atoms with Crippen LogP contribution in [0.1, 0.15) is 24.4 Å². The SMILES string of the molecule is COc1cc([C@@H](CCC(F)(F)F)N2CCNCC2)ccc1O.Cl.Cl. The first-order valence-electron chi connectivity index (χ1n) is 7.29. The maximum atomic E-state index is 12.6. The van der Waals surface area contributed by atoms with E-state index >= 15 is 0 Å². The van der Waals surface area contributed by atoms with Crippen molar-refractivity contribution < 1.29 is 23.0 Å². The molecule has 1 heterocycles. The van der Waals surface area contributed by atoms with Gasteiger partial charge in [-0.3, -0.25) is 4.90 Å². The summed E-state index contributed by atoms with van der Waals surface area (Å²) in [5.74, 6) is 0.269. The van der Waals surface area contributed by atoms with Crippen LogP contribution in [0, 0.1) is 0 Å². The molecule has 1 aliphatic rings. The van der Waals surface area contributed by atoms with Gasteiger partial charge in [0.2, 0.25) is 0 Å². The number of benzene rings is 1. The van der Waals surface area contributed by atoms with Gasteiger partial charge in [-0.2, -0.15) is 13.2 Å². The molecule has 0 radical (unpaired) electrons. The summed E-state index contributed by atoms with van der Waals surface area (Å²) in [7, 11) is 1.42. The molecule has 0 aromatic heterocycles. The number of ether oxygens (including phenoxy) is 1. The van der Waals surface area contributed by atoms with Gasteiger partial charge in [0.1, 0.15) is 0 Å². The minimum Gasteiger partial charge on any atom is -0.504 e. The lowest BCUT2D eigenvalue weighted by atomic mass is 9.98. The van der Waals surface area contributed by atoms with E-state index in [0.29, 0.717) is 13.1 Å². The lowest BCUT2D eigenvalue weighted by Gasteiger charge is -2.35. The Morgan fingerprint density at radius 1 is 1.25 bits per heavy atom. The van der Waals surface area contributed by atoms with Crippen molar-refractivity contribution in [1.29, 1.82) is 0 Å². The lowest BCUT2D eigenvalue weighted by molar-refractivity contribution is -0.138. The van der Waals surface area contributed by atoms with E-state index in [1.54, 1.807) is 12.1 Å². The van der Waals surface area contributed by atoms with E-state index in [9.17, 15) is 18.3 Å². The van der Waals surface area contributed by atoms with Gasteiger partial charge in [0.25, 0.3) is 0 Å². The molecule has 0 saturated carbocycles. The third-order valence-electron chi connectivity index (χ3n) is 3.88. The van der Waals surface area contributed by atoms with Gasteiger partial charge < -0.3 is 15.2 Å². The van der Waals surface area contributed by atoms with Gasteiger partial charge in [-0.05, 0) is 24.1 Å². The normalized spacial score (nSPS) is 16.7. The highest BCUT2D eigenvalue weighted by Gasteiger charge is 2.31. The Morgan fingerprint density at radius 2 is 1.88 bits per heavy atom. The van der Waals surface area contributed by atoms with Gasteiger partial charge in [0.15, 0.2) is 11.5 Å². The highest BCUT2D eigenvalue weighted by Crippen LogP contribution is 2.35. The van der Waals surface area contributed by atoms with Gasteiger partial charge in [-0.15, -0.1) is 24.8 Å². The van der Waals surface area contributed by atoms with Crippen molar-refractivity contribution in [3.63, 3.8) is 0 Å². The molecule has 1 aliphatic heterocycles. The number of nitrogens with one attached hydrogen (secondary N) is 1. The smallest absolute Gasteiger partial charge is 0.389 e. The monoisotopic (exact) mass is 390 g/mol. The molecule has 2 rings (SSSR count). The van der Waals surface area contributed by atoms with Crippen LogP contribution < -0.4 is 10.1 Å². The molecule has 1 aromatic rings. The number of aromatic hydroxyl groups is 1. The quantitative estimate of drug-likeness (QED) is 0.806. The highest BCUT2D eigenvalue weighted by atomic mass is 35.5. The van der Waals surface area contributed by atoms with Gasteiger partial charge in [0.05, 0.1) is 7.11 Å². The van der Waals surface area contributed by atoms with Crippen molar-refractivity contribution in [1.82, 2.24) is 10.2 Å². The van der Waals surface area contributed by atoms with Crippen molar-refractivity contribution >= 4 is 24.8 Å². The molecule has 2 N–H and O–H groups in total. The second kappa shape index (κ2) is 10.2. The van der Waals surface area contributed by atoms with E-state index in [0.717, 1.165) is 18.7 Å². The van der Waals surface area contributed by atoms with E-state index in [1.807, 2.05) is 4.90 Å².